The summed E-state index contributed by atoms with van der Waals surface area (Å²) in [5.74, 6) is -0.246. The number of aryl methyl sites for hydroxylation is 1. The highest BCUT2D eigenvalue weighted by molar-refractivity contribution is 5.95. The van der Waals surface area contributed by atoms with Gasteiger partial charge in [0.1, 0.15) is 12.4 Å². The van der Waals surface area contributed by atoms with E-state index in [0.29, 0.717) is 19.2 Å². The molecule has 2 rings (SSSR count). The second-order valence-corrected chi connectivity index (χ2v) is 8.54. The largest absolute Gasteiger partial charge is 0.425 e. The van der Waals surface area contributed by atoms with Crippen molar-refractivity contribution in [2.45, 2.75) is 64.6 Å². The molecule has 33 heavy (non-hydrogen) atoms. The van der Waals surface area contributed by atoms with Crippen LogP contribution in [0, 0.1) is 23.9 Å². The first-order valence-corrected chi connectivity index (χ1v) is 11.3. The molecule has 0 amide bonds. The number of rotatable bonds is 11. The van der Waals surface area contributed by atoms with Crippen LogP contribution in [-0.4, -0.2) is 36.5 Å². The fourth-order valence-corrected chi connectivity index (χ4v) is 3.80. The molecule has 1 aromatic rings. The van der Waals surface area contributed by atoms with Crippen LogP contribution in [0.4, 0.5) is 4.39 Å². The molecule has 1 saturated carbocycles. The number of aliphatic imine (C=N–C) groups is 1. The average molecular weight is 455 g/mol. The summed E-state index contributed by atoms with van der Waals surface area (Å²) in [4.78, 5) is 3.53. The number of hydrogen-bond acceptors (Lipinski definition) is 6. The van der Waals surface area contributed by atoms with E-state index in [-0.39, 0.29) is 11.4 Å². The average Bonchev–Trinajstić information content (AvgIpc) is 2.80. The van der Waals surface area contributed by atoms with Gasteiger partial charge in [0, 0.05) is 44.0 Å². The van der Waals surface area contributed by atoms with Gasteiger partial charge in [0.15, 0.2) is 5.97 Å². The maximum atomic E-state index is 12.6. The molecule has 1 aliphatic rings. The summed E-state index contributed by atoms with van der Waals surface area (Å²) in [6.45, 7) is 6.72. The Morgan fingerprint density at radius 2 is 2.12 bits per heavy atom. The Labute approximate surface area is 196 Å². The predicted octanol–water partition coefficient (Wildman–Crippen LogP) is 4.23. The van der Waals surface area contributed by atoms with E-state index in [1.807, 2.05) is 13.1 Å². The summed E-state index contributed by atoms with van der Waals surface area (Å²) in [5.41, 5.74) is 2.93. The summed E-state index contributed by atoms with van der Waals surface area (Å²) in [6, 6.07) is 8.93. The van der Waals surface area contributed by atoms with E-state index < -0.39 is 5.97 Å². The Morgan fingerprint density at radius 3 is 2.79 bits per heavy atom. The molecule has 0 aromatic heterocycles. The van der Waals surface area contributed by atoms with Crippen molar-refractivity contribution in [3.63, 3.8) is 0 Å². The van der Waals surface area contributed by atoms with Crippen molar-refractivity contribution in [1.82, 2.24) is 16.0 Å². The Hall–Kier alpha value is -3.18. The fraction of sp³-hybridized carbons (Fsp3) is 0.480. The van der Waals surface area contributed by atoms with Crippen molar-refractivity contribution in [3.05, 3.63) is 59.4 Å². The maximum Gasteiger partial charge on any atom is 0.286 e. The number of amidine groups is 1. The molecule has 1 aliphatic carbocycles. The van der Waals surface area contributed by atoms with Gasteiger partial charge >= 0.3 is 0 Å². The monoisotopic (exact) mass is 454 g/mol. The molecule has 0 bridgehead atoms. The molecule has 4 N–H and O–H groups in total. The third kappa shape index (κ3) is 9.46. The molecule has 1 aromatic carbocycles. The minimum absolute atomic E-state index is 0.262. The lowest BCUT2D eigenvalue weighted by Gasteiger charge is -2.40. The second-order valence-electron chi connectivity index (χ2n) is 8.54. The minimum Gasteiger partial charge on any atom is -0.425 e. The fourth-order valence-electron chi connectivity index (χ4n) is 3.80. The van der Waals surface area contributed by atoms with Gasteiger partial charge in [-0.1, -0.05) is 29.8 Å². The van der Waals surface area contributed by atoms with Gasteiger partial charge in [-0.15, -0.1) is 0 Å². The molecule has 0 radical (unpaired) electrons. The first-order valence-electron chi connectivity index (χ1n) is 11.3. The summed E-state index contributed by atoms with van der Waals surface area (Å²) in [6.07, 6.45) is 10.3. The highest BCUT2D eigenvalue weighted by atomic mass is 19.1. The number of nitrogens with one attached hydrogen (secondary N) is 4. The van der Waals surface area contributed by atoms with Crippen LogP contribution in [0.5, 0.6) is 0 Å². The van der Waals surface area contributed by atoms with Crippen LogP contribution in [-0.2, 0) is 11.3 Å². The van der Waals surface area contributed by atoms with Crippen LogP contribution in [0.2, 0.25) is 0 Å². The van der Waals surface area contributed by atoms with E-state index in [4.69, 9.17) is 15.4 Å². The zero-order valence-electron chi connectivity index (χ0n) is 19.7. The molecule has 178 valence electrons. The molecule has 0 aliphatic heterocycles. The van der Waals surface area contributed by atoms with Crippen molar-refractivity contribution in [3.8, 4) is 6.26 Å². The minimum atomic E-state index is -0.508. The lowest BCUT2D eigenvalue weighted by Crippen LogP contribution is -2.52. The van der Waals surface area contributed by atoms with Crippen molar-refractivity contribution in [2.75, 3.05) is 13.2 Å². The summed E-state index contributed by atoms with van der Waals surface area (Å²) >= 11 is 0. The van der Waals surface area contributed by atoms with E-state index in [9.17, 15) is 4.39 Å². The normalized spacial score (nSPS) is 21.5. The van der Waals surface area contributed by atoms with E-state index in [1.54, 1.807) is 12.3 Å². The molecular weight excluding hydrogens is 419 g/mol. The first kappa shape index (κ1) is 26.1. The van der Waals surface area contributed by atoms with Crippen LogP contribution >= 0.6 is 0 Å². The standard InChI is InChI=1S/C25H35FN6O/c1-19-6-4-7-22(14-19)16-31-23-8-10-25(11-9-23,17-33-18-27)32-15-20(2)24(28)30-13-5-12-29-21(3)26/h4-7,12,14-15,23,31-32H,8-11,13,16-17H2,1-3H3,(H2,28,30)/b12-5-,20-15-,29-21+. The SMILES string of the molecule is C/C(=C/NC1(COC#N)CCC(NCc2cccc(C)c2)CC1)C(=N)NC/C=C\N=C(/C)F. The number of benzene rings is 1. The Kier molecular flexibility index (Phi) is 10.6. The lowest BCUT2D eigenvalue weighted by molar-refractivity contribution is 0.116. The quantitative estimate of drug-likeness (QED) is 0.228. The Morgan fingerprint density at radius 1 is 1.36 bits per heavy atom. The molecule has 7 nitrogen and oxygen atoms in total. The zero-order valence-corrected chi connectivity index (χ0v) is 19.7. The van der Waals surface area contributed by atoms with Crippen molar-refractivity contribution < 1.29 is 9.13 Å². The van der Waals surface area contributed by atoms with Crippen LogP contribution < -0.4 is 16.0 Å². The van der Waals surface area contributed by atoms with Crippen LogP contribution in [0.15, 0.2) is 53.3 Å². The Bertz CT molecular complexity index is 906. The molecular formula is C25H35FN6O. The van der Waals surface area contributed by atoms with E-state index in [0.717, 1.165) is 37.8 Å². The zero-order chi connectivity index (χ0) is 24.1. The maximum absolute atomic E-state index is 12.6. The van der Waals surface area contributed by atoms with Gasteiger partial charge in [-0.25, -0.2) is 4.99 Å². The highest BCUT2D eigenvalue weighted by Gasteiger charge is 2.35. The van der Waals surface area contributed by atoms with Gasteiger partial charge in [0.2, 0.25) is 0 Å². The molecule has 1 fully saturated rings. The van der Waals surface area contributed by atoms with Crippen molar-refractivity contribution in [1.29, 1.82) is 10.7 Å². The Balaban J connectivity index is 1.87. The number of nitrogens with zero attached hydrogens (tertiary/aromatic N) is 2. The molecule has 8 heteroatoms. The molecule has 0 saturated heterocycles. The smallest absolute Gasteiger partial charge is 0.286 e. The number of nitriles is 1. The van der Waals surface area contributed by atoms with E-state index in [2.05, 4.69) is 52.1 Å². The van der Waals surface area contributed by atoms with Gasteiger partial charge < -0.3 is 20.7 Å². The van der Waals surface area contributed by atoms with Crippen LogP contribution in [0.3, 0.4) is 0 Å². The van der Waals surface area contributed by atoms with Gasteiger partial charge in [-0.3, -0.25) is 5.41 Å². The van der Waals surface area contributed by atoms with Gasteiger partial charge in [-0.05, 0) is 51.2 Å². The second kappa shape index (κ2) is 13.4. The van der Waals surface area contributed by atoms with Crippen molar-refractivity contribution in [2.24, 2.45) is 4.99 Å². The molecule has 0 unspecified atom stereocenters. The molecule has 0 heterocycles. The third-order valence-electron chi connectivity index (χ3n) is 5.78. The number of ether oxygens (including phenoxy) is 1. The van der Waals surface area contributed by atoms with Gasteiger partial charge in [0.05, 0.1) is 5.54 Å². The van der Waals surface area contributed by atoms with Crippen molar-refractivity contribution >= 4 is 11.8 Å². The number of hydrogen-bond donors (Lipinski definition) is 4. The highest BCUT2D eigenvalue weighted by Crippen LogP contribution is 2.29. The first-order chi connectivity index (χ1) is 15.8. The van der Waals surface area contributed by atoms with Gasteiger partial charge in [0.25, 0.3) is 6.26 Å². The summed E-state index contributed by atoms with van der Waals surface area (Å²) in [5, 5.41) is 27.1. The topological polar surface area (TPSA) is 105 Å². The summed E-state index contributed by atoms with van der Waals surface area (Å²) < 4.78 is 17.7. The van der Waals surface area contributed by atoms with Crippen LogP contribution in [0.1, 0.15) is 50.7 Å². The predicted molar refractivity (Wildman–Crippen MR) is 131 cm³/mol. The van der Waals surface area contributed by atoms with E-state index >= 15 is 0 Å². The number of halogens is 1. The van der Waals surface area contributed by atoms with E-state index in [1.165, 1.54) is 24.3 Å². The van der Waals surface area contributed by atoms with Crippen LogP contribution in [0.25, 0.3) is 0 Å². The van der Waals surface area contributed by atoms with Gasteiger partial charge in [-0.2, -0.15) is 9.65 Å². The molecule has 0 atom stereocenters. The summed E-state index contributed by atoms with van der Waals surface area (Å²) in [7, 11) is 0. The third-order valence-corrected chi connectivity index (χ3v) is 5.78. The lowest BCUT2D eigenvalue weighted by atomic mass is 9.79. The molecule has 0 spiro atoms.